The van der Waals surface area contributed by atoms with E-state index in [1.165, 1.54) is 11.8 Å². The van der Waals surface area contributed by atoms with Crippen molar-refractivity contribution < 1.29 is 0 Å². The fourth-order valence-corrected chi connectivity index (χ4v) is 1.84. The molecule has 1 aliphatic rings. The van der Waals surface area contributed by atoms with Gasteiger partial charge in [0.15, 0.2) is 5.16 Å². The van der Waals surface area contributed by atoms with Crippen molar-refractivity contribution in [2.45, 2.75) is 18.1 Å². The van der Waals surface area contributed by atoms with Crippen LogP contribution in [0.3, 0.4) is 0 Å². The summed E-state index contributed by atoms with van der Waals surface area (Å²) in [5, 5.41) is 3.90. The van der Waals surface area contributed by atoms with E-state index in [1.54, 1.807) is 0 Å². The van der Waals surface area contributed by atoms with Crippen LogP contribution in [-0.2, 0) is 13.0 Å². The van der Waals surface area contributed by atoms with Gasteiger partial charge in [-0.15, -0.1) is 12.4 Å². The minimum Gasteiger partial charge on any atom is -0.311 e. The second kappa shape index (κ2) is 4.82. The predicted octanol–water partition coefficient (Wildman–Crippen LogP) is 0.559. The van der Waals surface area contributed by atoms with E-state index in [-0.39, 0.29) is 18.0 Å². The maximum absolute atomic E-state index is 11.5. The lowest BCUT2D eigenvalue weighted by molar-refractivity contribution is 0.607. The van der Waals surface area contributed by atoms with Crippen molar-refractivity contribution in [2.75, 3.05) is 12.8 Å². The molecule has 0 bridgehead atoms. The molecule has 2 heterocycles. The first-order chi connectivity index (χ1) is 6.31. The molecule has 14 heavy (non-hydrogen) atoms. The smallest absolute Gasteiger partial charge is 0.255 e. The first kappa shape index (κ1) is 11.6. The molecule has 0 atom stereocenters. The molecule has 0 radical (unpaired) electrons. The predicted molar refractivity (Wildman–Crippen MR) is 59.3 cm³/mol. The van der Waals surface area contributed by atoms with Crippen LogP contribution in [0, 0.1) is 0 Å². The van der Waals surface area contributed by atoms with E-state index in [9.17, 15) is 4.79 Å². The van der Waals surface area contributed by atoms with Crippen LogP contribution in [-0.4, -0.2) is 22.8 Å². The van der Waals surface area contributed by atoms with Gasteiger partial charge < -0.3 is 10.3 Å². The average Bonchev–Trinajstić information content (AvgIpc) is 2.18. The van der Waals surface area contributed by atoms with E-state index in [4.69, 9.17) is 0 Å². The van der Waals surface area contributed by atoms with Crippen LogP contribution in [0.2, 0.25) is 0 Å². The Labute approximate surface area is 92.3 Å². The quantitative estimate of drug-likeness (QED) is 0.550. The van der Waals surface area contributed by atoms with Gasteiger partial charge in [0.1, 0.15) is 0 Å². The van der Waals surface area contributed by atoms with Crippen LogP contribution in [0.5, 0.6) is 0 Å². The highest BCUT2D eigenvalue weighted by atomic mass is 35.5. The van der Waals surface area contributed by atoms with Crippen molar-refractivity contribution in [1.29, 1.82) is 0 Å². The number of rotatable bonds is 1. The molecule has 0 saturated heterocycles. The lowest BCUT2D eigenvalue weighted by Gasteiger charge is -2.14. The van der Waals surface area contributed by atoms with Gasteiger partial charge in [-0.1, -0.05) is 11.8 Å². The molecule has 4 nitrogen and oxygen atoms in total. The molecule has 0 amide bonds. The van der Waals surface area contributed by atoms with Crippen LogP contribution < -0.4 is 10.9 Å². The summed E-state index contributed by atoms with van der Waals surface area (Å²) in [5.74, 6) is 0. The van der Waals surface area contributed by atoms with Crippen LogP contribution in [0.4, 0.5) is 0 Å². The fourth-order valence-electron chi connectivity index (χ4n) is 1.44. The molecule has 0 saturated carbocycles. The van der Waals surface area contributed by atoms with E-state index in [0.717, 1.165) is 24.2 Å². The normalized spacial score (nSPS) is 14.4. The standard InChI is InChI=1S/C8H11N3OS.ClH/c1-13-8-10-6-4-9-3-2-5(6)7(12)11-8;/h9H,2-4H2,1H3,(H,10,11,12);1H. The summed E-state index contributed by atoms with van der Waals surface area (Å²) in [7, 11) is 0. The Balaban J connectivity index is 0.000000980. The Morgan fingerprint density at radius 2 is 2.29 bits per heavy atom. The van der Waals surface area contributed by atoms with Gasteiger partial charge in [0.05, 0.1) is 5.69 Å². The summed E-state index contributed by atoms with van der Waals surface area (Å²) >= 11 is 1.46. The molecule has 1 aromatic heterocycles. The Morgan fingerprint density at radius 3 is 3.00 bits per heavy atom. The molecule has 0 fully saturated rings. The third-order valence-electron chi connectivity index (χ3n) is 2.12. The number of hydrogen-bond acceptors (Lipinski definition) is 4. The van der Waals surface area contributed by atoms with Gasteiger partial charge in [0.25, 0.3) is 5.56 Å². The van der Waals surface area contributed by atoms with E-state index in [1.807, 2.05) is 6.26 Å². The van der Waals surface area contributed by atoms with Gasteiger partial charge in [-0.3, -0.25) is 4.79 Å². The second-order valence-corrected chi connectivity index (χ2v) is 3.72. The lowest BCUT2D eigenvalue weighted by Crippen LogP contribution is -2.31. The summed E-state index contributed by atoms with van der Waals surface area (Å²) in [6.07, 6.45) is 2.69. The zero-order valence-electron chi connectivity index (χ0n) is 7.79. The van der Waals surface area contributed by atoms with Crippen LogP contribution in [0.1, 0.15) is 11.3 Å². The molecular formula is C8H12ClN3OS. The molecule has 0 aliphatic carbocycles. The van der Waals surface area contributed by atoms with Crippen molar-refractivity contribution in [1.82, 2.24) is 15.3 Å². The Morgan fingerprint density at radius 1 is 1.50 bits per heavy atom. The van der Waals surface area contributed by atoms with Crippen LogP contribution in [0.15, 0.2) is 9.95 Å². The van der Waals surface area contributed by atoms with Crippen molar-refractivity contribution in [2.24, 2.45) is 0 Å². The molecular weight excluding hydrogens is 222 g/mol. The first-order valence-electron chi connectivity index (χ1n) is 4.18. The minimum atomic E-state index is 0. The fraction of sp³-hybridized carbons (Fsp3) is 0.500. The van der Waals surface area contributed by atoms with E-state index in [2.05, 4.69) is 15.3 Å². The Bertz CT molecular complexity index is 379. The molecule has 2 N–H and O–H groups in total. The van der Waals surface area contributed by atoms with E-state index in [0.29, 0.717) is 11.7 Å². The molecule has 0 spiro atoms. The second-order valence-electron chi connectivity index (χ2n) is 2.93. The van der Waals surface area contributed by atoms with Gasteiger partial charge in [0, 0.05) is 12.1 Å². The number of nitrogens with zero attached hydrogens (tertiary/aromatic N) is 1. The molecule has 0 unspecified atom stereocenters. The van der Waals surface area contributed by atoms with Crippen molar-refractivity contribution in [3.05, 3.63) is 21.6 Å². The van der Waals surface area contributed by atoms with Gasteiger partial charge in [0.2, 0.25) is 0 Å². The molecule has 1 aliphatic heterocycles. The Kier molecular flexibility index (Phi) is 3.97. The van der Waals surface area contributed by atoms with Crippen LogP contribution in [0.25, 0.3) is 0 Å². The number of aromatic amines is 1. The molecule has 78 valence electrons. The van der Waals surface area contributed by atoms with Gasteiger partial charge in [-0.25, -0.2) is 4.98 Å². The maximum Gasteiger partial charge on any atom is 0.255 e. The summed E-state index contributed by atoms with van der Waals surface area (Å²) in [6.45, 7) is 1.59. The molecule has 1 aromatic rings. The third kappa shape index (κ3) is 2.10. The van der Waals surface area contributed by atoms with Gasteiger partial charge in [-0.05, 0) is 19.2 Å². The van der Waals surface area contributed by atoms with Crippen molar-refractivity contribution in [3.8, 4) is 0 Å². The largest absolute Gasteiger partial charge is 0.311 e. The first-order valence-corrected chi connectivity index (χ1v) is 5.40. The molecule has 0 aromatic carbocycles. The molecule has 6 heteroatoms. The zero-order chi connectivity index (χ0) is 9.26. The highest BCUT2D eigenvalue weighted by Crippen LogP contribution is 2.11. The van der Waals surface area contributed by atoms with Gasteiger partial charge in [-0.2, -0.15) is 0 Å². The van der Waals surface area contributed by atoms with E-state index >= 15 is 0 Å². The Hall–Kier alpha value is -0.520. The van der Waals surface area contributed by atoms with Gasteiger partial charge >= 0.3 is 0 Å². The number of aromatic nitrogens is 2. The maximum atomic E-state index is 11.5. The monoisotopic (exact) mass is 233 g/mol. The minimum absolute atomic E-state index is 0. The number of hydrogen-bond donors (Lipinski definition) is 2. The number of H-pyrrole nitrogens is 1. The summed E-state index contributed by atoms with van der Waals surface area (Å²) in [4.78, 5) is 18.6. The van der Waals surface area contributed by atoms with Crippen LogP contribution >= 0.6 is 24.2 Å². The van der Waals surface area contributed by atoms with E-state index < -0.39 is 0 Å². The van der Waals surface area contributed by atoms with Crippen molar-refractivity contribution >= 4 is 24.2 Å². The van der Waals surface area contributed by atoms with Crippen molar-refractivity contribution in [3.63, 3.8) is 0 Å². The highest BCUT2D eigenvalue weighted by Gasteiger charge is 2.14. The highest BCUT2D eigenvalue weighted by molar-refractivity contribution is 7.98. The number of thioether (sulfide) groups is 1. The SMILES string of the molecule is CSc1nc2c(c(=O)[nH]1)CCNC2.Cl. The third-order valence-corrected chi connectivity index (χ3v) is 2.70. The topological polar surface area (TPSA) is 57.8 Å². The molecule has 2 rings (SSSR count). The number of halogens is 1. The zero-order valence-corrected chi connectivity index (χ0v) is 9.43. The summed E-state index contributed by atoms with van der Waals surface area (Å²) < 4.78 is 0. The lowest BCUT2D eigenvalue weighted by atomic mass is 10.1. The summed E-state index contributed by atoms with van der Waals surface area (Å²) in [6, 6.07) is 0. The summed E-state index contributed by atoms with van der Waals surface area (Å²) in [5.41, 5.74) is 1.77. The average molecular weight is 234 g/mol. The number of nitrogens with one attached hydrogen (secondary N) is 2. The number of fused-ring (bicyclic) bond motifs is 1.